The minimum absolute atomic E-state index is 0.0152. The molecular formula is C8H6ClFN4S. The number of nitrogens with two attached hydrogens (primary N) is 1. The van der Waals surface area contributed by atoms with Crippen molar-refractivity contribution in [1.29, 1.82) is 0 Å². The van der Waals surface area contributed by atoms with Gasteiger partial charge in [-0.15, -0.1) is 0 Å². The lowest BCUT2D eigenvalue weighted by molar-refractivity contribution is 0.628. The van der Waals surface area contributed by atoms with E-state index in [4.69, 9.17) is 29.7 Å². The Morgan fingerprint density at radius 3 is 2.80 bits per heavy atom. The smallest absolute Gasteiger partial charge is 0.214 e. The van der Waals surface area contributed by atoms with Crippen LogP contribution in [0, 0.1) is 10.6 Å². The normalized spacial score (nSPS) is 10.5. The van der Waals surface area contributed by atoms with Crippen molar-refractivity contribution in [2.75, 3.05) is 5.84 Å². The summed E-state index contributed by atoms with van der Waals surface area (Å²) in [5, 5.41) is 6.43. The van der Waals surface area contributed by atoms with Gasteiger partial charge in [0.15, 0.2) is 5.82 Å². The zero-order valence-electron chi connectivity index (χ0n) is 7.37. The van der Waals surface area contributed by atoms with Crippen LogP contribution in [0.25, 0.3) is 11.4 Å². The molecule has 0 spiro atoms. The molecule has 0 saturated carbocycles. The van der Waals surface area contributed by atoms with E-state index in [-0.39, 0.29) is 9.79 Å². The molecule has 0 aliphatic rings. The van der Waals surface area contributed by atoms with Crippen LogP contribution >= 0.6 is 23.8 Å². The number of aromatic nitrogens is 3. The SMILES string of the molecule is Nn1c(-c2ccc(F)c(Cl)c2)n[nH]c1=S. The largest absolute Gasteiger partial charge is 0.335 e. The van der Waals surface area contributed by atoms with E-state index in [2.05, 4.69) is 10.2 Å². The first-order chi connectivity index (χ1) is 7.09. The average molecular weight is 245 g/mol. The van der Waals surface area contributed by atoms with Crippen molar-refractivity contribution in [3.63, 3.8) is 0 Å². The Morgan fingerprint density at radius 1 is 1.53 bits per heavy atom. The molecule has 0 amide bonds. The third-order valence-electron chi connectivity index (χ3n) is 1.88. The maximum absolute atomic E-state index is 12.9. The highest BCUT2D eigenvalue weighted by molar-refractivity contribution is 7.71. The fourth-order valence-corrected chi connectivity index (χ4v) is 1.46. The summed E-state index contributed by atoms with van der Waals surface area (Å²) in [6, 6.07) is 4.20. The number of H-pyrrole nitrogens is 1. The molecule has 0 radical (unpaired) electrons. The van der Waals surface area contributed by atoms with E-state index in [0.29, 0.717) is 11.4 Å². The molecule has 1 aromatic heterocycles. The van der Waals surface area contributed by atoms with Crippen molar-refractivity contribution in [1.82, 2.24) is 14.9 Å². The minimum atomic E-state index is -0.488. The summed E-state index contributed by atoms with van der Waals surface area (Å²) in [6.07, 6.45) is 0. The van der Waals surface area contributed by atoms with Gasteiger partial charge in [0.2, 0.25) is 4.77 Å². The van der Waals surface area contributed by atoms with Gasteiger partial charge in [0.1, 0.15) is 5.82 Å². The number of nitrogens with one attached hydrogen (secondary N) is 1. The number of rotatable bonds is 1. The van der Waals surface area contributed by atoms with Gasteiger partial charge in [0.25, 0.3) is 0 Å². The highest BCUT2D eigenvalue weighted by Gasteiger charge is 2.08. The topological polar surface area (TPSA) is 59.6 Å². The number of halogens is 2. The van der Waals surface area contributed by atoms with E-state index in [1.807, 2.05) is 0 Å². The third kappa shape index (κ3) is 1.73. The predicted molar refractivity (Wildman–Crippen MR) is 58.0 cm³/mol. The van der Waals surface area contributed by atoms with Crippen LogP contribution in [-0.2, 0) is 0 Å². The number of hydrogen-bond donors (Lipinski definition) is 2. The molecule has 1 aromatic carbocycles. The Kier molecular flexibility index (Phi) is 2.45. The Labute approximate surface area is 94.5 Å². The molecule has 2 rings (SSSR count). The van der Waals surface area contributed by atoms with Crippen LogP contribution in [0.2, 0.25) is 5.02 Å². The van der Waals surface area contributed by atoms with Crippen molar-refractivity contribution in [3.05, 3.63) is 33.8 Å². The van der Waals surface area contributed by atoms with Crippen molar-refractivity contribution < 1.29 is 4.39 Å². The molecule has 0 bridgehead atoms. The number of aromatic amines is 1. The molecule has 0 atom stereocenters. The number of nitrogen functional groups attached to an aromatic ring is 1. The summed E-state index contributed by atoms with van der Waals surface area (Å²) in [7, 11) is 0. The summed E-state index contributed by atoms with van der Waals surface area (Å²) in [5.74, 6) is 5.52. The van der Waals surface area contributed by atoms with Crippen LogP contribution in [-0.4, -0.2) is 14.9 Å². The van der Waals surface area contributed by atoms with E-state index in [9.17, 15) is 4.39 Å². The van der Waals surface area contributed by atoms with Gasteiger partial charge < -0.3 is 5.84 Å². The fraction of sp³-hybridized carbons (Fsp3) is 0. The molecule has 78 valence electrons. The Hall–Kier alpha value is -1.40. The Balaban J connectivity index is 2.59. The molecule has 7 heteroatoms. The number of nitrogens with zero attached hydrogens (tertiary/aromatic N) is 2. The van der Waals surface area contributed by atoms with Crippen molar-refractivity contribution in [2.45, 2.75) is 0 Å². The second kappa shape index (κ2) is 3.63. The van der Waals surface area contributed by atoms with Gasteiger partial charge in [-0.1, -0.05) is 11.6 Å². The lowest BCUT2D eigenvalue weighted by atomic mass is 10.2. The van der Waals surface area contributed by atoms with Gasteiger partial charge in [-0.25, -0.2) is 14.2 Å². The zero-order chi connectivity index (χ0) is 11.0. The van der Waals surface area contributed by atoms with Crippen LogP contribution < -0.4 is 5.84 Å². The fourth-order valence-electron chi connectivity index (χ4n) is 1.14. The molecule has 3 N–H and O–H groups in total. The molecule has 0 aliphatic heterocycles. The first-order valence-corrected chi connectivity index (χ1v) is 4.76. The quantitative estimate of drug-likeness (QED) is 0.597. The van der Waals surface area contributed by atoms with Gasteiger partial charge in [0.05, 0.1) is 5.02 Å². The standard InChI is InChI=1S/C8H6ClFN4S/c9-5-3-4(1-2-6(5)10)7-12-13-8(15)14(7)11/h1-3H,11H2,(H,13,15). The molecule has 4 nitrogen and oxygen atoms in total. The molecule has 0 aliphatic carbocycles. The van der Waals surface area contributed by atoms with Crippen molar-refractivity contribution in [2.24, 2.45) is 0 Å². The minimum Gasteiger partial charge on any atom is -0.335 e. The molecule has 0 unspecified atom stereocenters. The van der Waals surface area contributed by atoms with Gasteiger partial charge in [-0.05, 0) is 30.4 Å². The monoisotopic (exact) mass is 244 g/mol. The van der Waals surface area contributed by atoms with Crippen LogP contribution in [0.4, 0.5) is 4.39 Å². The molecular weight excluding hydrogens is 239 g/mol. The molecule has 2 aromatic rings. The van der Waals surface area contributed by atoms with Gasteiger partial charge in [-0.2, -0.15) is 5.10 Å². The average Bonchev–Trinajstić information content (AvgIpc) is 2.53. The highest BCUT2D eigenvalue weighted by Crippen LogP contribution is 2.22. The number of benzene rings is 1. The summed E-state index contributed by atoms with van der Waals surface area (Å²) in [4.78, 5) is 0. The zero-order valence-corrected chi connectivity index (χ0v) is 8.94. The first-order valence-electron chi connectivity index (χ1n) is 3.97. The summed E-state index contributed by atoms with van der Waals surface area (Å²) in [6.45, 7) is 0. The predicted octanol–water partition coefficient (Wildman–Crippen LogP) is 2.11. The first kappa shape index (κ1) is 10.1. The second-order valence-electron chi connectivity index (χ2n) is 2.85. The number of hydrogen-bond acceptors (Lipinski definition) is 3. The van der Waals surface area contributed by atoms with E-state index in [1.54, 1.807) is 0 Å². The Morgan fingerprint density at radius 2 is 2.27 bits per heavy atom. The van der Waals surface area contributed by atoms with E-state index in [1.165, 1.54) is 22.9 Å². The van der Waals surface area contributed by atoms with Gasteiger partial charge in [0, 0.05) is 5.56 Å². The molecule has 0 saturated heterocycles. The molecule has 1 heterocycles. The van der Waals surface area contributed by atoms with Crippen molar-refractivity contribution in [3.8, 4) is 11.4 Å². The Bertz CT molecular complexity index is 562. The summed E-state index contributed by atoms with van der Waals surface area (Å²) < 4.78 is 14.4. The lowest BCUT2D eigenvalue weighted by Crippen LogP contribution is -2.09. The second-order valence-corrected chi connectivity index (χ2v) is 3.65. The summed E-state index contributed by atoms with van der Waals surface area (Å²) in [5.41, 5.74) is 0.594. The maximum atomic E-state index is 12.9. The third-order valence-corrected chi connectivity index (χ3v) is 2.46. The maximum Gasteiger partial charge on any atom is 0.214 e. The summed E-state index contributed by atoms with van der Waals surface area (Å²) >= 11 is 10.5. The molecule has 15 heavy (non-hydrogen) atoms. The van der Waals surface area contributed by atoms with E-state index >= 15 is 0 Å². The highest BCUT2D eigenvalue weighted by atomic mass is 35.5. The lowest BCUT2D eigenvalue weighted by Gasteiger charge is -2.01. The van der Waals surface area contributed by atoms with E-state index < -0.39 is 5.82 Å². The van der Waals surface area contributed by atoms with Crippen LogP contribution in [0.3, 0.4) is 0 Å². The van der Waals surface area contributed by atoms with E-state index in [0.717, 1.165) is 0 Å². The van der Waals surface area contributed by atoms with Crippen LogP contribution in [0.5, 0.6) is 0 Å². The van der Waals surface area contributed by atoms with Crippen LogP contribution in [0.1, 0.15) is 0 Å². The van der Waals surface area contributed by atoms with Gasteiger partial charge in [-0.3, -0.25) is 0 Å². The van der Waals surface area contributed by atoms with Crippen LogP contribution in [0.15, 0.2) is 18.2 Å². The van der Waals surface area contributed by atoms with Crippen molar-refractivity contribution >= 4 is 23.8 Å². The molecule has 0 fully saturated rings. The van der Waals surface area contributed by atoms with Gasteiger partial charge >= 0.3 is 0 Å².